The van der Waals surface area contributed by atoms with Gasteiger partial charge in [0, 0.05) is 34.2 Å². The van der Waals surface area contributed by atoms with Crippen molar-refractivity contribution < 1.29 is 17.6 Å². The molecule has 4 rings (SSSR count). The lowest BCUT2D eigenvalue weighted by Crippen LogP contribution is -2.39. The van der Waals surface area contributed by atoms with Crippen molar-refractivity contribution in [2.45, 2.75) is 31.1 Å². The molecule has 6 nitrogen and oxygen atoms in total. The minimum absolute atomic E-state index is 0.162. The van der Waals surface area contributed by atoms with Gasteiger partial charge in [-0.1, -0.05) is 22.9 Å². The third-order valence-corrected chi connectivity index (χ3v) is 7.73. The molecule has 1 amide bonds. The van der Waals surface area contributed by atoms with Crippen LogP contribution in [0.1, 0.15) is 25.3 Å². The van der Waals surface area contributed by atoms with Crippen molar-refractivity contribution in [3.05, 3.63) is 58.8 Å². The maximum atomic E-state index is 12.9. The zero-order chi connectivity index (χ0) is 21.3. The Hall–Kier alpha value is -2.16. The highest BCUT2D eigenvalue weighted by Crippen LogP contribution is 2.26. The number of halogens is 1. The van der Waals surface area contributed by atoms with Crippen molar-refractivity contribution in [2.75, 3.05) is 18.4 Å². The maximum Gasteiger partial charge on any atom is 0.243 e. The Bertz CT molecular complexity index is 1170. The summed E-state index contributed by atoms with van der Waals surface area (Å²) in [6.45, 7) is 3.18. The van der Waals surface area contributed by atoms with Crippen molar-refractivity contribution >= 4 is 48.5 Å². The molecule has 8 heteroatoms. The summed E-state index contributed by atoms with van der Waals surface area (Å²) in [5.74, 6) is 0.171. The molecule has 1 saturated heterocycles. The lowest BCUT2D eigenvalue weighted by atomic mass is 10.0. The number of nitrogens with one attached hydrogen (secondary N) is 1. The van der Waals surface area contributed by atoms with E-state index in [2.05, 4.69) is 28.2 Å². The molecule has 3 aromatic rings. The van der Waals surface area contributed by atoms with Gasteiger partial charge < -0.3 is 9.73 Å². The Morgan fingerprint density at radius 3 is 2.73 bits per heavy atom. The number of hydrogen-bond donors (Lipinski definition) is 1. The summed E-state index contributed by atoms with van der Waals surface area (Å²) in [6.07, 6.45) is 3.69. The maximum absolute atomic E-state index is 12.9. The molecule has 0 saturated carbocycles. The van der Waals surface area contributed by atoms with Gasteiger partial charge in [0.25, 0.3) is 0 Å². The Balaban J connectivity index is 1.44. The van der Waals surface area contributed by atoms with Crippen molar-refractivity contribution in [2.24, 2.45) is 5.92 Å². The molecule has 0 spiro atoms. The van der Waals surface area contributed by atoms with E-state index >= 15 is 0 Å². The Kier molecular flexibility index (Phi) is 5.99. The number of sulfonamides is 1. The second-order valence-electron chi connectivity index (χ2n) is 7.76. The number of furan rings is 1. The molecular weight excluding hydrogens is 468 g/mol. The number of nitrogens with zero attached hydrogens (tertiary/aromatic N) is 1. The van der Waals surface area contributed by atoms with Gasteiger partial charge in [0.1, 0.15) is 5.58 Å². The first-order valence-electron chi connectivity index (χ1n) is 9.88. The lowest BCUT2D eigenvalue weighted by Gasteiger charge is -2.30. The zero-order valence-corrected chi connectivity index (χ0v) is 19.0. The smallest absolute Gasteiger partial charge is 0.243 e. The van der Waals surface area contributed by atoms with Crippen molar-refractivity contribution in [1.29, 1.82) is 0 Å². The third kappa shape index (κ3) is 4.45. The van der Waals surface area contributed by atoms with Crippen LogP contribution in [0.4, 0.5) is 5.69 Å². The predicted octanol–water partition coefficient (Wildman–Crippen LogP) is 4.80. The highest BCUT2D eigenvalue weighted by molar-refractivity contribution is 9.10. The van der Waals surface area contributed by atoms with E-state index in [9.17, 15) is 13.2 Å². The average Bonchev–Trinajstić information content (AvgIpc) is 3.10. The number of carbonyl (C=O) groups excluding carboxylic acids is 1. The van der Waals surface area contributed by atoms with E-state index in [0.717, 1.165) is 33.8 Å². The van der Waals surface area contributed by atoms with Crippen LogP contribution in [0.15, 0.2) is 62.5 Å². The minimum atomic E-state index is -3.51. The highest BCUT2D eigenvalue weighted by Gasteiger charge is 2.28. The van der Waals surface area contributed by atoms with Gasteiger partial charge in [-0.15, -0.1) is 0 Å². The normalized spacial score (nSPS) is 17.9. The quantitative estimate of drug-likeness (QED) is 0.556. The number of benzene rings is 2. The van der Waals surface area contributed by atoms with Gasteiger partial charge in [0.15, 0.2) is 0 Å². The molecule has 1 atom stereocenters. The van der Waals surface area contributed by atoms with E-state index in [-0.39, 0.29) is 17.2 Å². The predicted molar refractivity (Wildman–Crippen MR) is 120 cm³/mol. The van der Waals surface area contributed by atoms with E-state index in [1.807, 2.05) is 18.2 Å². The van der Waals surface area contributed by atoms with Gasteiger partial charge in [0.2, 0.25) is 15.9 Å². The summed E-state index contributed by atoms with van der Waals surface area (Å²) < 4.78 is 33.7. The lowest BCUT2D eigenvalue weighted by molar-refractivity contribution is -0.115. The summed E-state index contributed by atoms with van der Waals surface area (Å²) in [7, 11) is -3.51. The van der Waals surface area contributed by atoms with Gasteiger partial charge in [-0.25, -0.2) is 8.42 Å². The topological polar surface area (TPSA) is 79.6 Å². The molecule has 2 heterocycles. The SMILES string of the molecule is CC1CCCN(S(=O)(=O)c2ccc(NC(=O)Cc3coc4ccc(Br)cc34)cc2)C1. The Labute approximate surface area is 184 Å². The molecule has 1 aliphatic heterocycles. The second kappa shape index (κ2) is 8.53. The molecule has 0 aliphatic carbocycles. The fourth-order valence-electron chi connectivity index (χ4n) is 3.79. The van der Waals surface area contributed by atoms with Crippen LogP contribution in [0, 0.1) is 5.92 Å². The van der Waals surface area contributed by atoms with Gasteiger partial charge in [-0.2, -0.15) is 4.31 Å². The zero-order valence-electron chi connectivity index (χ0n) is 16.6. The van der Waals surface area contributed by atoms with Crippen molar-refractivity contribution in [3.8, 4) is 0 Å². The molecule has 1 aliphatic rings. The molecule has 158 valence electrons. The van der Waals surface area contributed by atoms with Gasteiger partial charge >= 0.3 is 0 Å². The minimum Gasteiger partial charge on any atom is -0.464 e. The molecule has 1 unspecified atom stereocenters. The Morgan fingerprint density at radius 1 is 1.23 bits per heavy atom. The van der Waals surface area contributed by atoms with Crippen LogP contribution in [-0.2, 0) is 21.2 Å². The third-order valence-electron chi connectivity index (χ3n) is 5.36. The summed E-state index contributed by atoms with van der Waals surface area (Å²) in [5.41, 5.74) is 2.07. The van der Waals surface area contributed by atoms with Crippen LogP contribution in [-0.4, -0.2) is 31.7 Å². The number of carbonyl (C=O) groups is 1. The number of anilines is 1. The first kappa shape index (κ1) is 21.1. The van der Waals surface area contributed by atoms with Crippen LogP contribution in [0.3, 0.4) is 0 Å². The number of amides is 1. The van der Waals surface area contributed by atoms with Crippen LogP contribution in [0.2, 0.25) is 0 Å². The van der Waals surface area contributed by atoms with Crippen LogP contribution >= 0.6 is 15.9 Å². The molecule has 30 heavy (non-hydrogen) atoms. The van der Waals surface area contributed by atoms with E-state index in [0.29, 0.717) is 24.7 Å². The molecule has 0 radical (unpaired) electrons. The monoisotopic (exact) mass is 490 g/mol. The van der Waals surface area contributed by atoms with Gasteiger partial charge in [0.05, 0.1) is 17.6 Å². The Morgan fingerprint density at radius 2 is 2.00 bits per heavy atom. The fourth-order valence-corrected chi connectivity index (χ4v) is 5.75. The summed E-state index contributed by atoms with van der Waals surface area (Å²) >= 11 is 3.43. The first-order chi connectivity index (χ1) is 14.3. The summed E-state index contributed by atoms with van der Waals surface area (Å²) in [4.78, 5) is 12.7. The van der Waals surface area contributed by atoms with E-state index in [1.54, 1.807) is 34.8 Å². The van der Waals surface area contributed by atoms with Crippen LogP contribution < -0.4 is 5.32 Å². The van der Waals surface area contributed by atoms with E-state index in [4.69, 9.17) is 4.42 Å². The number of hydrogen-bond acceptors (Lipinski definition) is 4. The highest BCUT2D eigenvalue weighted by atomic mass is 79.9. The average molecular weight is 491 g/mol. The van der Waals surface area contributed by atoms with Crippen LogP contribution in [0.5, 0.6) is 0 Å². The number of rotatable bonds is 5. The molecule has 2 aromatic carbocycles. The molecule has 1 fully saturated rings. The van der Waals surface area contributed by atoms with E-state index in [1.165, 1.54) is 0 Å². The molecule has 0 bridgehead atoms. The van der Waals surface area contributed by atoms with Crippen molar-refractivity contribution in [3.63, 3.8) is 0 Å². The number of piperidine rings is 1. The molecular formula is C22H23BrN2O4S. The van der Waals surface area contributed by atoms with Crippen molar-refractivity contribution in [1.82, 2.24) is 4.31 Å². The van der Waals surface area contributed by atoms with Crippen LogP contribution in [0.25, 0.3) is 11.0 Å². The molecule has 1 N–H and O–H groups in total. The van der Waals surface area contributed by atoms with Gasteiger partial charge in [-0.05, 0) is 61.2 Å². The number of fused-ring (bicyclic) bond motifs is 1. The van der Waals surface area contributed by atoms with Gasteiger partial charge in [-0.3, -0.25) is 4.79 Å². The largest absolute Gasteiger partial charge is 0.464 e. The fraction of sp³-hybridized carbons (Fsp3) is 0.318. The molecule has 1 aromatic heterocycles. The summed E-state index contributed by atoms with van der Waals surface area (Å²) in [6, 6.07) is 12.0. The van der Waals surface area contributed by atoms with E-state index < -0.39 is 10.0 Å². The standard InChI is InChI=1S/C22H23BrN2O4S/c1-15-3-2-10-25(13-15)30(27,28)19-7-5-18(6-8-19)24-22(26)11-16-14-29-21-9-4-17(23)12-20(16)21/h4-9,12,14-15H,2-3,10-11,13H2,1H3,(H,24,26). The summed E-state index contributed by atoms with van der Waals surface area (Å²) in [5, 5.41) is 3.71. The first-order valence-corrected chi connectivity index (χ1v) is 12.1. The second-order valence-corrected chi connectivity index (χ2v) is 10.6.